The zero-order valence-electron chi connectivity index (χ0n) is 16.7. The Labute approximate surface area is 192 Å². The van der Waals surface area contributed by atoms with Crippen LogP contribution in [0.1, 0.15) is 24.4 Å². The summed E-state index contributed by atoms with van der Waals surface area (Å²) in [5, 5.41) is 13.5. The molecule has 0 spiro atoms. The van der Waals surface area contributed by atoms with E-state index in [-0.39, 0.29) is 39.1 Å². The van der Waals surface area contributed by atoms with Gasteiger partial charge >= 0.3 is 0 Å². The topological polar surface area (TPSA) is 149 Å². The second kappa shape index (κ2) is 8.34. The predicted octanol–water partition coefficient (Wildman–Crippen LogP) is 3.69. The van der Waals surface area contributed by atoms with Crippen LogP contribution in [0, 0.1) is 11.3 Å². The molecule has 9 nitrogen and oxygen atoms in total. The Kier molecular flexibility index (Phi) is 5.57. The van der Waals surface area contributed by atoms with E-state index in [1.54, 1.807) is 49.4 Å². The van der Waals surface area contributed by atoms with Gasteiger partial charge in [0.25, 0.3) is 5.56 Å². The molecule has 0 aliphatic carbocycles. The molecule has 0 radical (unpaired) electrons. The molecule has 4 aromatic rings. The molecular weight excluding hydrogens is 451 g/mol. The molecule has 2 aromatic heterocycles. The number of nitrogens with zero attached hydrogens (tertiary/aromatic N) is 5. The molecule has 0 bridgehead atoms. The first-order valence-electron chi connectivity index (χ1n) is 9.37. The molecule has 11 heteroatoms. The van der Waals surface area contributed by atoms with Gasteiger partial charge in [0.05, 0.1) is 27.7 Å². The Hall–Kier alpha value is -3.87. The quantitative estimate of drug-likeness (QED) is 0.412. The molecule has 0 aliphatic heterocycles. The highest BCUT2D eigenvalue weighted by molar-refractivity contribution is 6.35. The first-order chi connectivity index (χ1) is 15.3. The van der Waals surface area contributed by atoms with Gasteiger partial charge in [-0.2, -0.15) is 15.2 Å². The van der Waals surface area contributed by atoms with Gasteiger partial charge in [0.2, 0.25) is 5.95 Å². The maximum Gasteiger partial charge on any atom is 0.267 e. The van der Waals surface area contributed by atoms with Crippen molar-refractivity contribution >= 4 is 51.7 Å². The lowest BCUT2D eigenvalue weighted by molar-refractivity contribution is 0.731. The number of fused-ring (bicyclic) bond motifs is 1. The lowest BCUT2D eigenvalue weighted by atomic mass is 10.2. The number of halogens is 2. The van der Waals surface area contributed by atoms with Crippen molar-refractivity contribution < 1.29 is 0 Å². The molecule has 1 atom stereocenters. The predicted molar refractivity (Wildman–Crippen MR) is 125 cm³/mol. The zero-order valence-corrected chi connectivity index (χ0v) is 18.2. The van der Waals surface area contributed by atoms with Crippen LogP contribution in [0.5, 0.6) is 0 Å². The zero-order chi connectivity index (χ0) is 23.0. The highest BCUT2D eigenvalue weighted by Gasteiger charge is 2.22. The Balaban J connectivity index is 1.95. The smallest absolute Gasteiger partial charge is 0.267 e. The minimum Gasteiger partial charge on any atom is -0.382 e. The number of benzene rings is 2. The van der Waals surface area contributed by atoms with Gasteiger partial charge in [-0.15, -0.1) is 0 Å². The summed E-state index contributed by atoms with van der Waals surface area (Å²) >= 11 is 12.5. The van der Waals surface area contributed by atoms with E-state index in [0.29, 0.717) is 22.1 Å². The summed E-state index contributed by atoms with van der Waals surface area (Å²) in [5.74, 6) is 0.316. The summed E-state index contributed by atoms with van der Waals surface area (Å²) in [4.78, 5) is 26.1. The van der Waals surface area contributed by atoms with Gasteiger partial charge in [0.15, 0.2) is 5.82 Å². The number of anilines is 3. The van der Waals surface area contributed by atoms with Crippen molar-refractivity contribution in [2.75, 3.05) is 16.8 Å². The third kappa shape index (κ3) is 3.77. The van der Waals surface area contributed by atoms with Gasteiger partial charge in [-0.3, -0.25) is 9.36 Å². The van der Waals surface area contributed by atoms with E-state index in [1.807, 2.05) is 6.07 Å². The number of nitrogens with one attached hydrogen (secondary N) is 1. The molecule has 0 aliphatic rings. The standard InChI is InChI=1S/C21H16Cl2N8O/c1-10(27-18-13(9-24)17(25)29-21(26)30-18)19-28-15-7-3-6-14(23)16(15)20(32)31(19)12-5-2-4-11(22)8-12/h2-8,10H,1H3,(H5,25,26,27,29,30). The monoisotopic (exact) mass is 466 g/mol. The number of hydrogen-bond acceptors (Lipinski definition) is 8. The summed E-state index contributed by atoms with van der Waals surface area (Å²) in [6.45, 7) is 1.76. The Morgan fingerprint density at radius 1 is 1.12 bits per heavy atom. The number of nitriles is 1. The first-order valence-corrected chi connectivity index (χ1v) is 10.1. The van der Waals surface area contributed by atoms with Gasteiger partial charge in [-0.1, -0.05) is 35.3 Å². The number of nitrogens with two attached hydrogens (primary N) is 2. The van der Waals surface area contributed by atoms with Crippen molar-refractivity contribution in [2.45, 2.75) is 13.0 Å². The van der Waals surface area contributed by atoms with E-state index in [1.165, 1.54) is 4.57 Å². The van der Waals surface area contributed by atoms with Crippen LogP contribution < -0.4 is 22.3 Å². The van der Waals surface area contributed by atoms with E-state index in [0.717, 1.165) is 0 Å². The van der Waals surface area contributed by atoms with Gasteiger partial charge in [-0.25, -0.2) is 4.98 Å². The third-order valence-electron chi connectivity index (χ3n) is 4.75. The van der Waals surface area contributed by atoms with Crippen molar-refractivity contribution in [1.82, 2.24) is 19.5 Å². The molecular formula is C21H16Cl2N8O. The van der Waals surface area contributed by atoms with E-state index >= 15 is 0 Å². The van der Waals surface area contributed by atoms with Crippen molar-refractivity contribution in [1.29, 1.82) is 5.26 Å². The first kappa shape index (κ1) is 21.4. The third-order valence-corrected chi connectivity index (χ3v) is 5.30. The van der Waals surface area contributed by atoms with Gasteiger partial charge in [-0.05, 0) is 37.3 Å². The molecule has 2 aromatic carbocycles. The molecule has 0 fully saturated rings. The van der Waals surface area contributed by atoms with Crippen LogP contribution in [0.2, 0.25) is 10.0 Å². The molecule has 32 heavy (non-hydrogen) atoms. The fourth-order valence-corrected chi connectivity index (χ4v) is 3.78. The van der Waals surface area contributed by atoms with Crippen LogP contribution in [0.4, 0.5) is 17.6 Å². The molecule has 1 unspecified atom stereocenters. The summed E-state index contributed by atoms with van der Waals surface area (Å²) in [6, 6.07) is 13.2. The lowest BCUT2D eigenvalue weighted by Crippen LogP contribution is -2.28. The number of aromatic nitrogens is 4. The molecule has 2 heterocycles. The van der Waals surface area contributed by atoms with Crippen LogP contribution in [0.3, 0.4) is 0 Å². The fourth-order valence-electron chi connectivity index (χ4n) is 3.34. The van der Waals surface area contributed by atoms with E-state index in [2.05, 4.69) is 20.3 Å². The van der Waals surface area contributed by atoms with Crippen LogP contribution in [-0.2, 0) is 0 Å². The van der Waals surface area contributed by atoms with Crippen LogP contribution in [-0.4, -0.2) is 19.5 Å². The second-order valence-electron chi connectivity index (χ2n) is 6.89. The minimum atomic E-state index is -0.606. The van der Waals surface area contributed by atoms with E-state index in [4.69, 9.17) is 34.7 Å². The summed E-state index contributed by atoms with van der Waals surface area (Å²) in [5.41, 5.74) is 12.1. The number of nitrogen functional groups attached to an aromatic ring is 2. The fraction of sp³-hybridized carbons (Fsp3) is 0.0952. The highest BCUT2D eigenvalue weighted by Crippen LogP contribution is 2.27. The summed E-state index contributed by atoms with van der Waals surface area (Å²) in [6.07, 6.45) is 0. The highest BCUT2D eigenvalue weighted by atomic mass is 35.5. The number of rotatable bonds is 4. The van der Waals surface area contributed by atoms with Crippen molar-refractivity contribution in [3.63, 3.8) is 0 Å². The molecule has 4 rings (SSSR count). The Morgan fingerprint density at radius 3 is 2.59 bits per heavy atom. The summed E-state index contributed by atoms with van der Waals surface area (Å²) in [7, 11) is 0. The van der Waals surface area contributed by atoms with Crippen LogP contribution >= 0.6 is 23.2 Å². The van der Waals surface area contributed by atoms with Gasteiger partial charge in [0, 0.05) is 5.02 Å². The minimum absolute atomic E-state index is 0.0338. The molecule has 0 saturated carbocycles. The largest absolute Gasteiger partial charge is 0.382 e. The average Bonchev–Trinajstić information content (AvgIpc) is 2.73. The van der Waals surface area contributed by atoms with Crippen LogP contribution in [0.25, 0.3) is 16.6 Å². The second-order valence-corrected chi connectivity index (χ2v) is 7.74. The average molecular weight is 467 g/mol. The number of hydrogen-bond donors (Lipinski definition) is 3. The normalized spacial score (nSPS) is 11.8. The van der Waals surface area contributed by atoms with Crippen molar-refractivity contribution in [3.05, 3.63) is 74.3 Å². The Morgan fingerprint density at radius 2 is 1.88 bits per heavy atom. The van der Waals surface area contributed by atoms with Crippen molar-refractivity contribution in [2.24, 2.45) is 0 Å². The maximum absolute atomic E-state index is 13.5. The maximum atomic E-state index is 13.5. The van der Waals surface area contributed by atoms with E-state index < -0.39 is 6.04 Å². The molecule has 5 N–H and O–H groups in total. The van der Waals surface area contributed by atoms with Gasteiger partial charge < -0.3 is 16.8 Å². The van der Waals surface area contributed by atoms with Gasteiger partial charge in [0.1, 0.15) is 23.3 Å². The molecule has 160 valence electrons. The summed E-state index contributed by atoms with van der Waals surface area (Å²) < 4.78 is 1.41. The van der Waals surface area contributed by atoms with E-state index in [9.17, 15) is 10.1 Å². The van der Waals surface area contributed by atoms with Crippen molar-refractivity contribution in [3.8, 4) is 11.8 Å². The van der Waals surface area contributed by atoms with Crippen LogP contribution in [0.15, 0.2) is 47.3 Å². The Bertz CT molecular complexity index is 1460. The molecule has 0 saturated heterocycles. The SMILES string of the molecule is CC(Nc1nc(N)nc(N)c1C#N)c1nc2cccc(Cl)c2c(=O)n1-c1cccc(Cl)c1. The lowest BCUT2D eigenvalue weighted by Gasteiger charge is -2.21. The molecule has 0 amide bonds.